The summed E-state index contributed by atoms with van der Waals surface area (Å²) in [7, 11) is 0. The number of likely N-dealkylation sites (tertiary alicyclic amines) is 1. The zero-order valence-electron chi connectivity index (χ0n) is 15.1. The molecular formula is C21H22F2N2O2. The number of nitrogens with zero attached hydrogens (tertiary/aromatic N) is 1. The summed E-state index contributed by atoms with van der Waals surface area (Å²) in [6, 6.07) is 11.9. The van der Waals surface area contributed by atoms with Crippen LogP contribution in [0.15, 0.2) is 48.5 Å². The molecule has 1 heterocycles. The molecule has 2 unspecified atom stereocenters. The highest BCUT2D eigenvalue weighted by atomic mass is 19.1. The maximum Gasteiger partial charge on any atom is 0.256 e. The lowest BCUT2D eigenvalue weighted by Crippen LogP contribution is -2.36. The van der Waals surface area contributed by atoms with E-state index in [1.807, 2.05) is 6.92 Å². The molecule has 0 aromatic heterocycles. The van der Waals surface area contributed by atoms with Crippen molar-refractivity contribution in [2.75, 3.05) is 19.6 Å². The quantitative estimate of drug-likeness (QED) is 0.875. The van der Waals surface area contributed by atoms with Crippen LogP contribution >= 0.6 is 0 Å². The molecule has 1 saturated heterocycles. The Kier molecular flexibility index (Phi) is 5.84. The first-order valence-electron chi connectivity index (χ1n) is 9.08. The number of benzene rings is 2. The van der Waals surface area contributed by atoms with Crippen molar-refractivity contribution in [3.05, 3.63) is 71.3 Å². The molecule has 0 saturated carbocycles. The second-order valence-electron chi connectivity index (χ2n) is 6.75. The van der Waals surface area contributed by atoms with Crippen LogP contribution in [0, 0.1) is 17.6 Å². The molecule has 0 spiro atoms. The van der Waals surface area contributed by atoms with Gasteiger partial charge in [-0.05, 0) is 36.2 Å². The van der Waals surface area contributed by atoms with Gasteiger partial charge in [0.15, 0.2) is 0 Å². The molecule has 1 N–H and O–H groups in total. The molecule has 142 valence electrons. The number of nitrogens with one attached hydrogen (secondary N) is 1. The average Bonchev–Trinajstić information content (AvgIpc) is 3.11. The zero-order chi connectivity index (χ0) is 19.4. The molecule has 1 aliphatic rings. The highest BCUT2D eigenvalue weighted by Gasteiger charge is 2.40. The Bertz CT molecular complexity index is 840. The largest absolute Gasteiger partial charge is 0.356 e. The van der Waals surface area contributed by atoms with Gasteiger partial charge in [-0.15, -0.1) is 0 Å². The molecule has 0 bridgehead atoms. The summed E-state index contributed by atoms with van der Waals surface area (Å²) in [5, 5.41) is 2.85. The summed E-state index contributed by atoms with van der Waals surface area (Å²) in [6.45, 7) is 2.89. The number of hydrogen-bond donors (Lipinski definition) is 1. The van der Waals surface area contributed by atoms with E-state index in [1.165, 1.54) is 35.2 Å². The summed E-state index contributed by atoms with van der Waals surface area (Å²) in [6.07, 6.45) is 0.793. The Labute approximate surface area is 157 Å². The number of rotatable bonds is 5. The minimum absolute atomic E-state index is 0.0230. The number of hydrogen-bond acceptors (Lipinski definition) is 2. The molecule has 3 rings (SSSR count). The van der Waals surface area contributed by atoms with Crippen molar-refractivity contribution in [3.8, 4) is 0 Å². The SMILES string of the molecule is CCCNC(=O)C1CN(C(=O)c2ccccc2F)CC1c1cccc(F)c1. The lowest BCUT2D eigenvalue weighted by atomic mass is 9.88. The van der Waals surface area contributed by atoms with E-state index in [0.717, 1.165) is 6.42 Å². The van der Waals surface area contributed by atoms with Crippen LogP contribution in [-0.4, -0.2) is 36.3 Å². The maximum absolute atomic E-state index is 14.0. The van der Waals surface area contributed by atoms with Crippen molar-refractivity contribution in [1.29, 1.82) is 0 Å². The van der Waals surface area contributed by atoms with Gasteiger partial charge in [-0.1, -0.05) is 31.2 Å². The van der Waals surface area contributed by atoms with Gasteiger partial charge in [0, 0.05) is 25.6 Å². The summed E-state index contributed by atoms with van der Waals surface area (Å²) >= 11 is 0. The van der Waals surface area contributed by atoms with Crippen LogP contribution in [0.2, 0.25) is 0 Å². The summed E-state index contributed by atoms with van der Waals surface area (Å²) in [5.74, 6) is -2.46. The summed E-state index contributed by atoms with van der Waals surface area (Å²) in [4.78, 5) is 26.9. The fraction of sp³-hybridized carbons (Fsp3) is 0.333. The van der Waals surface area contributed by atoms with Gasteiger partial charge in [-0.3, -0.25) is 9.59 Å². The van der Waals surface area contributed by atoms with Gasteiger partial charge in [0.1, 0.15) is 11.6 Å². The van der Waals surface area contributed by atoms with Gasteiger partial charge < -0.3 is 10.2 Å². The van der Waals surface area contributed by atoms with Crippen molar-refractivity contribution in [2.24, 2.45) is 5.92 Å². The molecule has 0 aliphatic carbocycles. The van der Waals surface area contributed by atoms with E-state index in [4.69, 9.17) is 0 Å². The van der Waals surface area contributed by atoms with Crippen LogP contribution in [0.1, 0.15) is 35.2 Å². The molecule has 0 radical (unpaired) electrons. The van der Waals surface area contributed by atoms with Gasteiger partial charge in [-0.25, -0.2) is 8.78 Å². The number of carbonyl (C=O) groups is 2. The Hall–Kier alpha value is -2.76. The fourth-order valence-electron chi connectivity index (χ4n) is 3.49. The van der Waals surface area contributed by atoms with Gasteiger partial charge >= 0.3 is 0 Å². The predicted octanol–water partition coefficient (Wildman–Crippen LogP) is 3.35. The minimum Gasteiger partial charge on any atom is -0.356 e. The van der Waals surface area contributed by atoms with Gasteiger partial charge in [-0.2, -0.15) is 0 Å². The van der Waals surface area contributed by atoms with E-state index in [1.54, 1.807) is 18.2 Å². The Morgan fingerprint density at radius 1 is 1.11 bits per heavy atom. The van der Waals surface area contributed by atoms with E-state index in [0.29, 0.717) is 12.1 Å². The lowest BCUT2D eigenvalue weighted by molar-refractivity contribution is -0.124. The summed E-state index contributed by atoms with van der Waals surface area (Å²) < 4.78 is 27.7. The molecule has 1 aliphatic heterocycles. The minimum atomic E-state index is -0.594. The molecular weight excluding hydrogens is 350 g/mol. The first-order chi connectivity index (χ1) is 13.0. The fourth-order valence-corrected chi connectivity index (χ4v) is 3.49. The first-order valence-corrected chi connectivity index (χ1v) is 9.08. The van der Waals surface area contributed by atoms with Crippen LogP contribution < -0.4 is 5.32 Å². The van der Waals surface area contributed by atoms with Crippen molar-refractivity contribution in [3.63, 3.8) is 0 Å². The van der Waals surface area contributed by atoms with Crippen molar-refractivity contribution in [1.82, 2.24) is 10.2 Å². The molecule has 1 fully saturated rings. The molecule has 2 amide bonds. The van der Waals surface area contributed by atoms with Crippen LogP contribution in [0.25, 0.3) is 0 Å². The number of carbonyl (C=O) groups excluding carboxylic acids is 2. The van der Waals surface area contributed by atoms with Crippen LogP contribution in [0.4, 0.5) is 8.78 Å². The smallest absolute Gasteiger partial charge is 0.256 e. The van der Waals surface area contributed by atoms with Crippen molar-refractivity contribution < 1.29 is 18.4 Å². The van der Waals surface area contributed by atoms with Crippen LogP contribution in [-0.2, 0) is 4.79 Å². The second-order valence-corrected chi connectivity index (χ2v) is 6.75. The highest BCUT2D eigenvalue weighted by Crippen LogP contribution is 2.34. The molecule has 2 atom stereocenters. The molecule has 6 heteroatoms. The average molecular weight is 372 g/mol. The normalized spacial score (nSPS) is 19.1. The summed E-state index contributed by atoms with van der Waals surface area (Å²) in [5.41, 5.74) is 0.639. The van der Waals surface area contributed by atoms with Crippen molar-refractivity contribution in [2.45, 2.75) is 19.3 Å². The van der Waals surface area contributed by atoms with Crippen LogP contribution in [0.5, 0.6) is 0 Å². The molecule has 27 heavy (non-hydrogen) atoms. The molecule has 4 nitrogen and oxygen atoms in total. The Balaban J connectivity index is 1.87. The Morgan fingerprint density at radius 2 is 1.89 bits per heavy atom. The maximum atomic E-state index is 14.0. The highest BCUT2D eigenvalue weighted by molar-refractivity contribution is 5.95. The standard InChI is InChI=1S/C21H22F2N2O2/c1-2-10-24-20(26)18-13-25(21(27)16-8-3-4-9-19(16)23)12-17(18)14-6-5-7-15(22)11-14/h3-9,11,17-18H,2,10,12-13H2,1H3,(H,24,26). The van der Waals surface area contributed by atoms with E-state index in [9.17, 15) is 18.4 Å². The zero-order valence-corrected chi connectivity index (χ0v) is 15.1. The third-order valence-corrected chi connectivity index (χ3v) is 4.87. The predicted molar refractivity (Wildman–Crippen MR) is 98.2 cm³/mol. The van der Waals surface area contributed by atoms with Crippen molar-refractivity contribution >= 4 is 11.8 Å². The molecule has 2 aromatic carbocycles. The second kappa shape index (κ2) is 8.29. The first kappa shape index (κ1) is 19.0. The third-order valence-electron chi connectivity index (χ3n) is 4.87. The van der Waals surface area contributed by atoms with Gasteiger partial charge in [0.2, 0.25) is 5.91 Å². The topological polar surface area (TPSA) is 49.4 Å². The lowest BCUT2D eigenvalue weighted by Gasteiger charge is -2.18. The van der Waals surface area contributed by atoms with Gasteiger partial charge in [0.05, 0.1) is 11.5 Å². The number of amides is 2. The van der Waals surface area contributed by atoms with E-state index >= 15 is 0 Å². The van der Waals surface area contributed by atoms with Gasteiger partial charge in [0.25, 0.3) is 5.91 Å². The van der Waals surface area contributed by atoms with Crippen LogP contribution in [0.3, 0.4) is 0 Å². The number of halogens is 2. The monoisotopic (exact) mass is 372 g/mol. The third kappa shape index (κ3) is 4.15. The Morgan fingerprint density at radius 3 is 2.59 bits per heavy atom. The molecule has 2 aromatic rings. The van der Waals surface area contributed by atoms with E-state index < -0.39 is 17.6 Å². The van der Waals surface area contributed by atoms with E-state index in [-0.39, 0.29) is 36.3 Å². The van der Waals surface area contributed by atoms with E-state index in [2.05, 4.69) is 5.32 Å².